The number of aliphatic hydroxyl groups is 1. The molecule has 0 aromatic heterocycles. The topological polar surface area (TPSA) is 35.5 Å². The van der Waals surface area contributed by atoms with Gasteiger partial charge in [0, 0.05) is 25.7 Å². The lowest BCUT2D eigenvalue weighted by molar-refractivity contribution is 0.0897. The average molecular weight is 268 g/mol. The third-order valence-electron chi connectivity index (χ3n) is 4.82. The normalized spacial score (nSPS) is 25.4. The molecule has 0 aromatic rings. The van der Waals surface area contributed by atoms with Crippen molar-refractivity contribution in [1.82, 2.24) is 10.2 Å². The van der Waals surface area contributed by atoms with Crippen molar-refractivity contribution < 1.29 is 5.11 Å². The predicted octanol–water partition coefficient (Wildman–Crippen LogP) is 2.25. The number of nitrogens with zero attached hydrogens (tertiary/aromatic N) is 1. The molecule has 1 aliphatic heterocycles. The molecule has 1 saturated heterocycles. The Balaban J connectivity index is 1.77. The summed E-state index contributed by atoms with van der Waals surface area (Å²) in [7, 11) is 0. The quantitative estimate of drug-likeness (QED) is 0.709. The van der Waals surface area contributed by atoms with Crippen LogP contribution in [-0.2, 0) is 0 Å². The molecule has 0 bridgehead atoms. The van der Waals surface area contributed by atoms with Crippen molar-refractivity contribution in [2.24, 2.45) is 11.3 Å². The molecular weight excluding hydrogens is 236 g/mol. The summed E-state index contributed by atoms with van der Waals surface area (Å²) in [5.41, 5.74) is 0.420. The monoisotopic (exact) mass is 268 g/mol. The highest BCUT2D eigenvalue weighted by atomic mass is 16.3. The van der Waals surface area contributed by atoms with E-state index in [1.807, 2.05) is 0 Å². The fraction of sp³-hybridized carbons (Fsp3) is 1.00. The fourth-order valence-corrected chi connectivity index (χ4v) is 3.37. The number of likely N-dealkylation sites (tertiary alicyclic amines) is 1. The van der Waals surface area contributed by atoms with Gasteiger partial charge in [-0.1, -0.05) is 20.3 Å². The molecule has 0 amide bonds. The Morgan fingerprint density at radius 2 is 1.89 bits per heavy atom. The minimum Gasteiger partial charge on any atom is -0.396 e. The van der Waals surface area contributed by atoms with E-state index in [2.05, 4.69) is 24.1 Å². The maximum absolute atomic E-state index is 9.22. The minimum atomic E-state index is 0.378. The van der Waals surface area contributed by atoms with Gasteiger partial charge >= 0.3 is 0 Å². The zero-order valence-corrected chi connectivity index (χ0v) is 12.8. The van der Waals surface area contributed by atoms with Gasteiger partial charge in [0.05, 0.1) is 0 Å². The van der Waals surface area contributed by atoms with E-state index in [0.29, 0.717) is 17.9 Å². The van der Waals surface area contributed by atoms with Crippen molar-refractivity contribution in [3.05, 3.63) is 0 Å². The smallest absolute Gasteiger partial charge is 0.0460 e. The van der Waals surface area contributed by atoms with Crippen LogP contribution in [0.1, 0.15) is 52.4 Å². The highest BCUT2D eigenvalue weighted by molar-refractivity contribution is 4.88. The molecule has 19 heavy (non-hydrogen) atoms. The Bertz CT molecular complexity index is 259. The summed E-state index contributed by atoms with van der Waals surface area (Å²) in [4.78, 5) is 2.62. The summed E-state index contributed by atoms with van der Waals surface area (Å²) in [6.45, 7) is 9.87. The summed E-state index contributed by atoms with van der Waals surface area (Å²) < 4.78 is 0. The van der Waals surface area contributed by atoms with Crippen molar-refractivity contribution in [2.45, 2.75) is 58.4 Å². The predicted molar refractivity (Wildman–Crippen MR) is 80.3 cm³/mol. The maximum Gasteiger partial charge on any atom is 0.0460 e. The van der Waals surface area contributed by atoms with Crippen LogP contribution >= 0.6 is 0 Å². The highest BCUT2D eigenvalue weighted by Gasteiger charge is 2.31. The van der Waals surface area contributed by atoms with Crippen LogP contribution in [-0.4, -0.2) is 48.8 Å². The fourth-order valence-electron chi connectivity index (χ4n) is 3.37. The van der Waals surface area contributed by atoms with Gasteiger partial charge < -0.3 is 15.3 Å². The second-order valence-electron chi connectivity index (χ2n) is 7.12. The zero-order chi connectivity index (χ0) is 13.7. The van der Waals surface area contributed by atoms with Gasteiger partial charge in [-0.05, 0) is 56.5 Å². The molecule has 2 fully saturated rings. The van der Waals surface area contributed by atoms with Crippen LogP contribution in [0.2, 0.25) is 0 Å². The molecule has 3 nitrogen and oxygen atoms in total. The molecule has 0 spiro atoms. The van der Waals surface area contributed by atoms with E-state index in [0.717, 1.165) is 6.04 Å². The van der Waals surface area contributed by atoms with Crippen molar-refractivity contribution in [3.63, 3.8) is 0 Å². The molecule has 0 aromatic carbocycles. The van der Waals surface area contributed by atoms with Gasteiger partial charge in [-0.15, -0.1) is 0 Å². The lowest BCUT2D eigenvalue weighted by atomic mass is 9.83. The molecule has 2 aliphatic rings. The Hall–Kier alpha value is -0.120. The number of rotatable bonds is 8. The first-order chi connectivity index (χ1) is 9.15. The Morgan fingerprint density at radius 1 is 1.21 bits per heavy atom. The SMILES string of the molecule is CCCC(C)(CNC1CC1)CN1CCC(CO)CC1. The van der Waals surface area contributed by atoms with E-state index in [-0.39, 0.29) is 0 Å². The van der Waals surface area contributed by atoms with E-state index in [1.54, 1.807) is 0 Å². The standard InChI is InChI=1S/C16H32N2O/c1-3-8-16(2,12-17-15-4-5-15)13-18-9-6-14(11-19)7-10-18/h14-15,17,19H,3-13H2,1-2H3. The first-order valence-corrected chi connectivity index (χ1v) is 8.22. The molecule has 1 unspecified atom stereocenters. The van der Waals surface area contributed by atoms with Crippen LogP contribution in [0.15, 0.2) is 0 Å². The van der Waals surface area contributed by atoms with Gasteiger partial charge in [-0.3, -0.25) is 0 Å². The van der Waals surface area contributed by atoms with E-state index in [9.17, 15) is 5.11 Å². The number of hydrogen-bond donors (Lipinski definition) is 2. The first kappa shape index (κ1) is 15.3. The van der Waals surface area contributed by atoms with Gasteiger partial charge in [0.2, 0.25) is 0 Å². The summed E-state index contributed by atoms with van der Waals surface area (Å²) in [6, 6.07) is 0.816. The van der Waals surface area contributed by atoms with Crippen LogP contribution in [0, 0.1) is 11.3 Å². The second kappa shape index (κ2) is 7.05. The van der Waals surface area contributed by atoms with E-state index in [1.165, 1.54) is 64.7 Å². The third kappa shape index (κ3) is 5.05. The molecular formula is C16H32N2O. The van der Waals surface area contributed by atoms with Gasteiger partial charge in [-0.25, -0.2) is 0 Å². The van der Waals surface area contributed by atoms with Crippen molar-refractivity contribution in [1.29, 1.82) is 0 Å². The molecule has 2 N–H and O–H groups in total. The van der Waals surface area contributed by atoms with Crippen LogP contribution in [0.25, 0.3) is 0 Å². The number of nitrogens with one attached hydrogen (secondary N) is 1. The summed E-state index contributed by atoms with van der Waals surface area (Å²) >= 11 is 0. The van der Waals surface area contributed by atoms with Gasteiger partial charge in [0.25, 0.3) is 0 Å². The lowest BCUT2D eigenvalue weighted by Gasteiger charge is -2.39. The lowest BCUT2D eigenvalue weighted by Crippen LogP contribution is -2.45. The largest absolute Gasteiger partial charge is 0.396 e. The summed E-state index contributed by atoms with van der Waals surface area (Å²) in [6.07, 6.45) is 7.69. The summed E-state index contributed by atoms with van der Waals surface area (Å²) in [5.74, 6) is 0.554. The van der Waals surface area contributed by atoms with Crippen LogP contribution in [0.3, 0.4) is 0 Å². The molecule has 1 saturated carbocycles. The minimum absolute atomic E-state index is 0.378. The van der Waals surface area contributed by atoms with Crippen molar-refractivity contribution in [2.75, 3.05) is 32.8 Å². The molecule has 2 rings (SSSR count). The van der Waals surface area contributed by atoms with Crippen LogP contribution in [0.5, 0.6) is 0 Å². The number of hydrogen-bond acceptors (Lipinski definition) is 3. The molecule has 1 atom stereocenters. The van der Waals surface area contributed by atoms with E-state index in [4.69, 9.17) is 0 Å². The second-order valence-corrected chi connectivity index (χ2v) is 7.12. The van der Waals surface area contributed by atoms with Crippen molar-refractivity contribution >= 4 is 0 Å². The zero-order valence-electron chi connectivity index (χ0n) is 12.8. The van der Waals surface area contributed by atoms with Gasteiger partial charge in [-0.2, -0.15) is 0 Å². The van der Waals surface area contributed by atoms with E-state index < -0.39 is 0 Å². The Morgan fingerprint density at radius 3 is 2.42 bits per heavy atom. The highest BCUT2D eigenvalue weighted by Crippen LogP contribution is 2.28. The first-order valence-electron chi connectivity index (χ1n) is 8.22. The Kier molecular flexibility index (Phi) is 5.67. The average Bonchev–Trinajstić information content (AvgIpc) is 3.22. The third-order valence-corrected chi connectivity index (χ3v) is 4.82. The van der Waals surface area contributed by atoms with E-state index >= 15 is 0 Å². The Labute approximate surface area is 118 Å². The number of aliphatic hydroxyl groups excluding tert-OH is 1. The molecule has 1 heterocycles. The molecule has 112 valence electrons. The molecule has 1 aliphatic carbocycles. The van der Waals surface area contributed by atoms with Crippen LogP contribution < -0.4 is 5.32 Å². The van der Waals surface area contributed by atoms with Gasteiger partial charge in [0.15, 0.2) is 0 Å². The molecule has 0 radical (unpaired) electrons. The van der Waals surface area contributed by atoms with Crippen LogP contribution in [0.4, 0.5) is 0 Å². The van der Waals surface area contributed by atoms with Gasteiger partial charge in [0.1, 0.15) is 0 Å². The maximum atomic E-state index is 9.22. The van der Waals surface area contributed by atoms with Crippen molar-refractivity contribution in [3.8, 4) is 0 Å². The molecule has 3 heteroatoms. The number of piperidine rings is 1. The summed E-state index contributed by atoms with van der Waals surface area (Å²) in [5, 5.41) is 12.9.